The number of nitrogens with two attached hydrogens (primary N) is 1. The van der Waals surface area contributed by atoms with Crippen molar-refractivity contribution < 1.29 is 0 Å². The van der Waals surface area contributed by atoms with E-state index in [9.17, 15) is 0 Å². The normalized spacial score (nSPS) is 17.9. The summed E-state index contributed by atoms with van der Waals surface area (Å²) < 4.78 is 0. The number of anilines is 1. The minimum Gasteiger partial charge on any atom is -0.375 e. The van der Waals surface area contributed by atoms with E-state index in [1.165, 1.54) is 30.6 Å². The standard InChI is InChI=1S/C10H13N3S/c11-6-8-9(13-10(12)14-8)7-4-2-1-3-5-7/h7H,1-5H2,(H2,12,13). The van der Waals surface area contributed by atoms with E-state index in [1.807, 2.05) is 0 Å². The van der Waals surface area contributed by atoms with Gasteiger partial charge in [-0.25, -0.2) is 4.98 Å². The molecule has 2 N–H and O–H groups in total. The quantitative estimate of drug-likeness (QED) is 0.770. The Balaban J connectivity index is 2.25. The van der Waals surface area contributed by atoms with Gasteiger partial charge >= 0.3 is 0 Å². The Labute approximate surface area is 87.6 Å². The van der Waals surface area contributed by atoms with Crippen LogP contribution in [-0.2, 0) is 0 Å². The van der Waals surface area contributed by atoms with Crippen LogP contribution in [0.3, 0.4) is 0 Å². The van der Waals surface area contributed by atoms with Crippen molar-refractivity contribution in [1.29, 1.82) is 5.26 Å². The number of aromatic nitrogens is 1. The molecule has 0 radical (unpaired) electrons. The van der Waals surface area contributed by atoms with Crippen LogP contribution in [0.15, 0.2) is 0 Å². The lowest BCUT2D eigenvalue weighted by Crippen LogP contribution is -2.06. The van der Waals surface area contributed by atoms with Gasteiger partial charge in [0.25, 0.3) is 0 Å². The average Bonchev–Trinajstić information content (AvgIpc) is 2.61. The van der Waals surface area contributed by atoms with Gasteiger partial charge in [0, 0.05) is 5.92 Å². The number of thiazole rings is 1. The summed E-state index contributed by atoms with van der Waals surface area (Å²) >= 11 is 1.31. The molecule has 0 unspecified atom stereocenters. The maximum absolute atomic E-state index is 8.93. The highest BCUT2D eigenvalue weighted by Gasteiger charge is 2.21. The van der Waals surface area contributed by atoms with Crippen molar-refractivity contribution in [1.82, 2.24) is 4.98 Å². The second-order valence-corrected chi connectivity index (χ2v) is 4.74. The van der Waals surface area contributed by atoms with Crippen molar-refractivity contribution >= 4 is 16.5 Å². The zero-order valence-electron chi connectivity index (χ0n) is 7.99. The Morgan fingerprint density at radius 3 is 2.71 bits per heavy atom. The van der Waals surface area contributed by atoms with E-state index in [0.29, 0.717) is 11.0 Å². The monoisotopic (exact) mass is 207 g/mol. The van der Waals surface area contributed by atoms with E-state index in [-0.39, 0.29) is 0 Å². The van der Waals surface area contributed by atoms with Crippen LogP contribution in [0.4, 0.5) is 5.13 Å². The lowest BCUT2D eigenvalue weighted by molar-refractivity contribution is 0.437. The predicted molar refractivity (Wildman–Crippen MR) is 57.1 cm³/mol. The maximum atomic E-state index is 8.93. The predicted octanol–water partition coefficient (Wildman–Crippen LogP) is 2.64. The second kappa shape index (κ2) is 3.97. The van der Waals surface area contributed by atoms with Crippen LogP contribution < -0.4 is 5.73 Å². The zero-order valence-corrected chi connectivity index (χ0v) is 8.81. The first-order valence-corrected chi connectivity index (χ1v) is 5.79. The van der Waals surface area contributed by atoms with Crippen molar-refractivity contribution in [3.8, 4) is 6.07 Å². The van der Waals surface area contributed by atoms with Crippen molar-refractivity contribution in [2.45, 2.75) is 38.0 Å². The summed E-state index contributed by atoms with van der Waals surface area (Å²) in [5, 5.41) is 9.46. The van der Waals surface area contributed by atoms with Crippen LogP contribution in [0, 0.1) is 11.3 Å². The number of hydrogen-bond donors (Lipinski definition) is 1. The molecule has 3 nitrogen and oxygen atoms in total. The Bertz CT molecular complexity index is 358. The van der Waals surface area contributed by atoms with E-state index in [1.54, 1.807) is 0 Å². The third kappa shape index (κ3) is 1.73. The van der Waals surface area contributed by atoms with Crippen LogP contribution in [0.1, 0.15) is 48.6 Å². The average molecular weight is 207 g/mol. The number of rotatable bonds is 1. The first-order chi connectivity index (χ1) is 6.81. The molecule has 1 fully saturated rings. The van der Waals surface area contributed by atoms with Crippen molar-refractivity contribution in [2.75, 3.05) is 5.73 Å². The van der Waals surface area contributed by atoms with Gasteiger partial charge < -0.3 is 5.73 Å². The van der Waals surface area contributed by atoms with Crippen molar-refractivity contribution in [2.24, 2.45) is 0 Å². The summed E-state index contributed by atoms with van der Waals surface area (Å²) in [7, 11) is 0. The number of nitrogen functional groups attached to an aromatic ring is 1. The fraction of sp³-hybridized carbons (Fsp3) is 0.600. The molecule has 0 bridgehead atoms. The molecule has 0 atom stereocenters. The highest BCUT2D eigenvalue weighted by Crippen LogP contribution is 2.36. The molecule has 0 aromatic carbocycles. The van der Waals surface area contributed by atoms with Gasteiger partial charge in [-0.3, -0.25) is 0 Å². The molecular formula is C10H13N3S. The molecular weight excluding hydrogens is 194 g/mol. The summed E-state index contributed by atoms with van der Waals surface area (Å²) in [6.45, 7) is 0. The third-order valence-electron chi connectivity index (χ3n) is 2.76. The van der Waals surface area contributed by atoms with Gasteiger partial charge in [-0.15, -0.1) is 0 Å². The zero-order chi connectivity index (χ0) is 9.97. The van der Waals surface area contributed by atoms with Gasteiger partial charge in [0.1, 0.15) is 10.9 Å². The lowest BCUT2D eigenvalue weighted by Gasteiger charge is -2.19. The van der Waals surface area contributed by atoms with Gasteiger partial charge in [0.15, 0.2) is 5.13 Å². The first kappa shape index (κ1) is 9.47. The molecule has 0 saturated heterocycles. The topological polar surface area (TPSA) is 62.7 Å². The number of hydrogen-bond acceptors (Lipinski definition) is 4. The summed E-state index contributed by atoms with van der Waals surface area (Å²) in [6, 6.07) is 2.19. The van der Waals surface area contributed by atoms with Gasteiger partial charge in [0.2, 0.25) is 0 Å². The molecule has 1 aromatic heterocycles. The molecule has 74 valence electrons. The summed E-state index contributed by atoms with van der Waals surface area (Å²) in [4.78, 5) is 5.00. The molecule has 1 aliphatic carbocycles. The van der Waals surface area contributed by atoms with Crippen molar-refractivity contribution in [3.63, 3.8) is 0 Å². The van der Waals surface area contributed by atoms with Crippen LogP contribution in [0.25, 0.3) is 0 Å². The van der Waals surface area contributed by atoms with E-state index >= 15 is 0 Å². The SMILES string of the molecule is N#Cc1sc(N)nc1C1CCCCC1. The van der Waals surface area contributed by atoms with E-state index in [2.05, 4.69) is 11.1 Å². The number of nitrogens with zero attached hydrogens (tertiary/aromatic N) is 2. The van der Waals surface area contributed by atoms with Crippen LogP contribution >= 0.6 is 11.3 Å². The Kier molecular flexibility index (Phi) is 2.69. The molecule has 1 aliphatic rings. The largest absolute Gasteiger partial charge is 0.375 e. The molecule has 2 rings (SSSR count). The molecule has 0 spiro atoms. The molecule has 1 aromatic rings. The van der Waals surface area contributed by atoms with E-state index in [4.69, 9.17) is 11.0 Å². The highest BCUT2D eigenvalue weighted by atomic mass is 32.1. The first-order valence-electron chi connectivity index (χ1n) is 4.97. The Hall–Kier alpha value is -1.08. The smallest absolute Gasteiger partial charge is 0.181 e. The fourth-order valence-corrected chi connectivity index (χ4v) is 2.80. The molecule has 14 heavy (non-hydrogen) atoms. The second-order valence-electron chi connectivity index (χ2n) is 3.71. The highest BCUT2D eigenvalue weighted by molar-refractivity contribution is 7.16. The van der Waals surface area contributed by atoms with Gasteiger partial charge in [-0.1, -0.05) is 30.6 Å². The summed E-state index contributed by atoms with van der Waals surface area (Å²) in [6.07, 6.45) is 6.16. The van der Waals surface area contributed by atoms with Gasteiger partial charge in [-0.05, 0) is 12.8 Å². The minimum absolute atomic E-state index is 0.479. The molecule has 1 saturated carbocycles. The van der Waals surface area contributed by atoms with Gasteiger partial charge in [-0.2, -0.15) is 5.26 Å². The minimum atomic E-state index is 0.479. The van der Waals surface area contributed by atoms with Crippen LogP contribution in [-0.4, -0.2) is 4.98 Å². The number of nitriles is 1. The molecule has 1 heterocycles. The molecule has 0 aliphatic heterocycles. The Morgan fingerprint density at radius 1 is 1.36 bits per heavy atom. The summed E-state index contributed by atoms with van der Waals surface area (Å²) in [5.74, 6) is 0.479. The fourth-order valence-electron chi connectivity index (χ4n) is 2.08. The van der Waals surface area contributed by atoms with Crippen LogP contribution in [0.5, 0.6) is 0 Å². The van der Waals surface area contributed by atoms with E-state index in [0.717, 1.165) is 23.4 Å². The van der Waals surface area contributed by atoms with Crippen LogP contribution in [0.2, 0.25) is 0 Å². The molecule has 4 heteroatoms. The Morgan fingerprint density at radius 2 is 2.07 bits per heavy atom. The summed E-state index contributed by atoms with van der Waals surface area (Å²) in [5.41, 5.74) is 6.57. The van der Waals surface area contributed by atoms with Crippen molar-refractivity contribution in [3.05, 3.63) is 10.6 Å². The van der Waals surface area contributed by atoms with E-state index < -0.39 is 0 Å². The third-order valence-corrected chi connectivity index (χ3v) is 3.57. The van der Waals surface area contributed by atoms with Gasteiger partial charge in [0.05, 0.1) is 5.69 Å². The lowest BCUT2D eigenvalue weighted by atomic mass is 9.86. The molecule has 0 amide bonds. The maximum Gasteiger partial charge on any atom is 0.181 e.